The number of carbonyl (C=O) groups is 1. The fourth-order valence-corrected chi connectivity index (χ4v) is 7.41. The summed E-state index contributed by atoms with van der Waals surface area (Å²) in [6.07, 6.45) is 0. The largest absolute Gasteiger partial charge is 0.361 e. The molecular weight excluding hydrogens is 529 g/mol. The fourth-order valence-electron chi connectivity index (χ4n) is 4.84. The summed E-state index contributed by atoms with van der Waals surface area (Å²) in [7, 11) is -3.53. The number of carbonyl (C=O) groups excluding carboxylic acids is 1. The van der Waals surface area contributed by atoms with Gasteiger partial charge in [-0.1, -0.05) is 42.5 Å². The van der Waals surface area contributed by atoms with Crippen molar-refractivity contribution in [1.82, 2.24) is 4.90 Å². The van der Waals surface area contributed by atoms with Crippen LogP contribution in [-0.4, -0.2) is 48.6 Å². The lowest BCUT2D eigenvalue weighted by atomic mass is 10.00. The molecule has 0 radical (unpaired) electrons. The third-order valence-electron chi connectivity index (χ3n) is 6.71. The molecule has 0 aliphatic carbocycles. The second-order valence-electron chi connectivity index (χ2n) is 9.34. The molecule has 9 heteroatoms. The van der Waals surface area contributed by atoms with E-state index in [2.05, 4.69) is 39.8 Å². The number of thioether (sulfide) groups is 1. The highest BCUT2D eigenvalue weighted by Gasteiger charge is 2.33. The molecule has 2 aliphatic rings. The third kappa shape index (κ3) is 6.32. The Morgan fingerprint density at radius 1 is 0.974 bits per heavy atom. The molecule has 0 bridgehead atoms. The fraction of sp³-hybridized carbons (Fsp3) is 0.300. The average molecular weight is 564 g/mol. The van der Waals surface area contributed by atoms with E-state index in [4.69, 9.17) is 9.05 Å². The molecule has 0 saturated carbocycles. The maximum atomic E-state index is 13.5. The Kier molecular flexibility index (Phi) is 8.90. The summed E-state index contributed by atoms with van der Waals surface area (Å²) in [5.41, 5.74) is 5.48. The molecule has 204 valence electrons. The van der Waals surface area contributed by atoms with Crippen molar-refractivity contribution in [2.24, 2.45) is 0 Å². The van der Waals surface area contributed by atoms with Gasteiger partial charge in [-0.15, -0.1) is 0 Å². The van der Waals surface area contributed by atoms with Crippen molar-refractivity contribution in [3.8, 4) is 0 Å². The van der Waals surface area contributed by atoms with Crippen LogP contribution in [0.25, 0.3) is 11.3 Å². The number of nitrogens with zero attached hydrogens (tertiary/aromatic N) is 1. The molecule has 1 amide bonds. The number of hydrogen-bond donors (Lipinski definition) is 2. The van der Waals surface area contributed by atoms with E-state index >= 15 is 0 Å². The quantitative estimate of drug-likeness (QED) is 0.229. The summed E-state index contributed by atoms with van der Waals surface area (Å²) in [5, 5.41) is 6.91. The van der Waals surface area contributed by atoms with Gasteiger partial charge in [0.15, 0.2) is 0 Å². The third-order valence-corrected chi connectivity index (χ3v) is 9.76. The van der Waals surface area contributed by atoms with Crippen LogP contribution in [0, 0.1) is 0 Å². The smallest absolute Gasteiger partial charge is 0.354 e. The maximum absolute atomic E-state index is 13.5. The van der Waals surface area contributed by atoms with Crippen molar-refractivity contribution in [3.05, 3.63) is 89.5 Å². The average Bonchev–Trinajstić information content (AvgIpc) is 3.28. The van der Waals surface area contributed by atoms with Crippen molar-refractivity contribution < 1.29 is 18.4 Å². The van der Waals surface area contributed by atoms with Crippen molar-refractivity contribution >= 4 is 53.2 Å². The monoisotopic (exact) mass is 563 g/mol. The SMILES string of the molecule is CCOP(=O)(OCC)c1ccc2c(c1)/C(=C(/Nc1ccc(CN3CCSCC3)cc1)c1ccccc1)C(=O)N2. The predicted octanol–water partition coefficient (Wildman–Crippen LogP) is 6.06. The summed E-state index contributed by atoms with van der Waals surface area (Å²) in [6, 6.07) is 23.4. The first-order valence-electron chi connectivity index (χ1n) is 13.3. The van der Waals surface area contributed by atoms with Gasteiger partial charge in [0.25, 0.3) is 5.91 Å². The highest BCUT2D eigenvalue weighted by molar-refractivity contribution is 7.99. The van der Waals surface area contributed by atoms with Crippen LogP contribution in [0.4, 0.5) is 11.4 Å². The van der Waals surface area contributed by atoms with Crippen LogP contribution in [-0.2, 0) is 25.0 Å². The second-order valence-corrected chi connectivity index (χ2v) is 12.6. The zero-order valence-electron chi connectivity index (χ0n) is 22.3. The number of hydrogen-bond acceptors (Lipinski definition) is 7. The first-order chi connectivity index (χ1) is 19.0. The van der Waals surface area contributed by atoms with Gasteiger partial charge in [-0.05, 0) is 55.3 Å². The molecule has 2 heterocycles. The zero-order chi connectivity index (χ0) is 27.2. The minimum atomic E-state index is -3.53. The number of amides is 1. The first-order valence-corrected chi connectivity index (χ1v) is 16.0. The number of nitrogens with one attached hydrogen (secondary N) is 2. The Hall–Kier alpha value is -2.87. The van der Waals surface area contributed by atoms with E-state index in [1.54, 1.807) is 32.0 Å². The van der Waals surface area contributed by atoms with Crippen LogP contribution < -0.4 is 15.9 Å². The minimum Gasteiger partial charge on any atom is -0.354 e. The second kappa shape index (κ2) is 12.5. The van der Waals surface area contributed by atoms with E-state index in [0.29, 0.717) is 27.8 Å². The van der Waals surface area contributed by atoms with Crippen LogP contribution in [0.2, 0.25) is 0 Å². The lowest BCUT2D eigenvalue weighted by molar-refractivity contribution is -0.110. The van der Waals surface area contributed by atoms with Gasteiger partial charge in [0.2, 0.25) is 0 Å². The molecule has 3 aromatic carbocycles. The lowest BCUT2D eigenvalue weighted by Gasteiger charge is -2.26. The molecule has 1 fully saturated rings. The molecule has 2 aliphatic heterocycles. The maximum Gasteiger partial charge on any atom is 0.361 e. The van der Waals surface area contributed by atoms with Gasteiger partial charge >= 0.3 is 7.60 Å². The van der Waals surface area contributed by atoms with Crippen molar-refractivity contribution in [1.29, 1.82) is 0 Å². The van der Waals surface area contributed by atoms with Gasteiger partial charge in [0.1, 0.15) is 0 Å². The van der Waals surface area contributed by atoms with E-state index in [9.17, 15) is 9.36 Å². The van der Waals surface area contributed by atoms with Crippen LogP contribution in [0.1, 0.15) is 30.5 Å². The van der Waals surface area contributed by atoms with Crippen LogP contribution in [0.3, 0.4) is 0 Å². The topological polar surface area (TPSA) is 79.9 Å². The van der Waals surface area contributed by atoms with E-state index in [1.807, 2.05) is 42.1 Å². The van der Waals surface area contributed by atoms with Gasteiger partial charge in [-0.25, -0.2) is 0 Å². The first kappa shape index (κ1) is 27.7. The van der Waals surface area contributed by atoms with E-state index in [-0.39, 0.29) is 19.1 Å². The Bertz CT molecular complexity index is 1380. The normalized spacial score (nSPS) is 17.0. The van der Waals surface area contributed by atoms with Crippen LogP contribution in [0.15, 0.2) is 72.8 Å². The Labute approximate surface area is 234 Å². The Morgan fingerprint density at radius 3 is 2.33 bits per heavy atom. The lowest BCUT2D eigenvalue weighted by Crippen LogP contribution is -2.31. The molecule has 0 unspecified atom stereocenters. The molecular formula is C30H34N3O4PS. The summed E-state index contributed by atoms with van der Waals surface area (Å²) < 4.78 is 24.7. The molecule has 0 spiro atoms. The summed E-state index contributed by atoms with van der Waals surface area (Å²) in [5.74, 6) is 2.14. The van der Waals surface area contributed by atoms with E-state index in [1.165, 1.54) is 17.1 Å². The highest BCUT2D eigenvalue weighted by atomic mass is 32.2. The van der Waals surface area contributed by atoms with Gasteiger partial charge in [-0.2, -0.15) is 11.8 Å². The Morgan fingerprint density at radius 2 is 1.67 bits per heavy atom. The van der Waals surface area contributed by atoms with Gasteiger partial charge < -0.3 is 19.7 Å². The molecule has 7 nitrogen and oxygen atoms in total. The molecule has 0 aromatic heterocycles. The summed E-state index contributed by atoms with van der Waals surface area (Å²) in [6.45, 7) is 7.23. The van der Waals surface area contributed by atoms with Gasteiger partial charge in [0.05, 0.1) is 29.8 Å². The number of rotatable bonds is 10. The molecule has 1 saturated heterocycles. The number of anilines is 2. The molecule has 0 atom stereocenters. The molecule has 3 aromatic rings. The van der Waals surface area contributed by atoms with Crippen molar-refractivity contribution in [2.75, 3.05) is 48.4 Å². The molecule has 39 heavy (non-hydrogen) atoms. The van der Waals surface area contributed by atoms with E-state index in [0.717, 1.165) is 30.9 Å². The van der Waals surface area contributed by atoms with Crippen molar-refractivity contribution in [2.45, 2.75) is 20.4 Å². The number of benzene rings is 3. The predicted molar refractivity (Wildman–Crippen MR) is 161 cm³/mol. The van der Waals surface area contributed by atoms with Gasteiger partial charge in [-0.3, -0.25) is 14.3 Å². The standard InChI is InChI=1S/C30H34N3O4PS/c1-3-36-38(35,37-4-2)25-14-15-27-26(20-25)28(30(34)32-27)29(23-8-6-5-7-9-23)31-24-12-10-22(11-13-24)21-33-16-18-39-19-17-33/h5-15,20,31H,3-4,16-19,21H2,1-2H3,(H,32,34)/b29-28-. The van der Waals surface area contributed by atoms with Gasteiger partial charge in [0, 0.05) is 48.1 Å². The molecule has 5 rings (SSSR count). The van der Waals surface area contributed by atoms with Crippen LogP contribution in [0.5, 0.6) is 0 Å². The zero-order valence-corrected chi connectivity index (χ0v) is 24.0. The van der Waals surface area contributed by atoms with Crippen LogP contribution >= 0.6 is 19.4 Å². The summed E-state index contributed by atoms with van der Waals surface area (Å²) in [4.78, 5) is 15.9. The number of fused-ring (bicyclic) bond motifs is 1. The van der Waals surface area contributed by atoms with E-state index < -0.39 is 7.60 Å². The molecule has 2 N–H and O–H groups in total. The minimum absolute atomic E-state index is 0.226. The summed E-state index contributed by atoms with van der Waals surface area (Å²) >= 11 is 2.01. The van der Waals surface area contributed by atoms with Crippen molar-refractivity contribution in [3.63, 3.8) is 0 Å². The Balaban J connectivity index is 1.52. The highest BCUT2D eigenvalue weighted by Crippen LogP contribution is 2.48.